The van der Waals surface area contributed by atoms with Crippen LogP contribution in [0.1, 0.15) is 65.6 Å². The molecular formula is C23H35N3O3. The van der Waals surface area contributed by atoms with Gasteiger partial charge in [-0.3, -0.25) is 9.59 Å². The average molecular weight is 402 g/mol. The molecule has 0 atom stereocenters. The Balaban J connectivity index is 1.88. The van der Waals surface area contributed by atoms with Crippen molar-refractivity contribution in [3.05, 3.63) is 30.1 Å². The van der Waals surface area contributed by atoms with Gasteiger partial charge >= 0.3 is 5.97 Å². The third-order valence-electron chi connectivity index (χ3n) is 5.12. The van der Waals surface area contributed by atoms with Crippen LogP contribution < -0.4 is 5.32 Å². The molecule has 0 aliphatic carbocycles. The van der Waals surface area contributed by atoms with Gasteiger partial charge in [0, 0.05) is 18.9 Å². The molecule has 2 rings (SSSR count). The molecule has 6 heteroatoms. The first kappa shape index (κ1) is 22.9. The average Bonchev–Trinajstić information content (AvgIpc) is 3.02. The van der Waals surface area contributed by atoms with Gasteiger partial charge in [0.2, 0.25) is 5.91 Å². The second-order valence-corrected chi connectivity index (χ2v) is 7.76. The van der Waals surface area contributed by atoms with E-state index in [9.17, 15) is 9.59 Å². The van der Waals surface area contributed by atoms with Crippen LogP contribution in [0.25, 0.3) is 11.0 Å². The summed E-state index contributed by atoms with van der Waals surface area (Å²) < 4.78 is 7.28. The third-order valence-corrected chi connectivity index (χ3v) is 5.12. The number of fused-ring (bicyclic) bond motifs is 1. The quantitative estimate of drug-likeness (QED) is 0.426. The summed E-state index contributed by atoms with van der Waals surface area (Å²) in [5, 5.41) is 3.04. The smallest absolute Gasteiger partial charge is 0.326 e. The van der Waals surface area contributed by atoms with Gasteiger partial charge in [0.1, 0.15) is 12.4 Å². The van der Waals surface area contributed by atoms with Crippen LogP contribution in [-0.2, 0) is 27.3 Å². The predicted molar refractivity (Wildman–Crippen MR) is 116 cm³/mol. The molecule has 0 spiro atoms. The fourth-order valence-corrected chi connectivity index (χ4v) is 3.52. The van der Waals surface area contributed by atoms with Gasteiger partial charge in [-0.05, 0) is 51.7 Å². The lowest BCUT2D eigenvalue weighted by Gasteiger charge is -2.13. The summed E-state index contributed by atoms with van der Waals surface area (Å²) in [4.78, 5) is 28.9. The first-order chi connectivity index (χ1) is 14.0. The van der Waals surface area contributed by atoms with E-state index in [-0.39, 0.29) is 30.4 Å². The molecule has 0 fully saturated rings. The standard InChI is InChI=1S/C23H35N3O3/c1-5-18(6-2)23(28)24-15-11-7-8-14-21-25-19-12-9-10-13-20(19)26(21)16-22(27)29-17(3)4/h9-10,12-13,17-18H,5-8,11,14-16H2,1-4H3,(H,24,28). The van der Waals surface area contributed by atoms with Gasteiger partial charge in [-0.15, -0.1) is 0 Å². The number of unbranched alkanes of at least 4 members (excludes halogenated alkanes) is 2. The zero-order valence-electron chi connectivity index (χ0n) is 18.2. The molecule has 0 aliphatic rings. The Labute approximate surface area is 174 Å². The highest BCUT2D eigenvalue weighted by atomic mass is 16.5. The van der Waals surface area contributed by atoms with E-state index in [2.05, 4.69) is 19.2 Å². The van der Waals surface area contributed by atoms with Gasteiger partial charge in [-0.1, -0.05) is 32.4 Å². The number of nitrogens with zero attached hydrogens (tertiary/aromatic N) is 2. The van der Waals surface area contributed by atoms with Crippen molar-refractivity contribution in [2.24, 2.45) is 5.92 Å². The number of carbonyl (C=O) groups excluding carboxylic acids is 2. The lowest BCUT2D eigenvalue weighted by Crippen LogP contribution is -2.30. The lowest BCUT2D eigenvalue weighted by molar-refractivity contribution is -0.148. The number of aromatic nitrogens is 2. The van der Waals surface area contributed by atoms with E-state index in [0.29, 0.717) is 6.54 Å². The fourth-order valence-electron chi connectivity index (χ4n) is 3.52. The van der Waals surface area contributed by atoms with Crippen LogP contribution in [0.15, 0.2) is 24.3 Å². The Bertz CT molecular complexity index is 794. The second-order valence-electron chi connectivity index (χ2n) is 7.76. The molecule has 0 unspecified atom stereocenters. The fraction of sp³-hybridized carbons (Fsp3) is 0.609. The van der Waals surface area contributed by atoms with Crippen molar-refractivity contribution < 1.29 is 14.3 Å². The molecular weight excluding hydrogens is 366 g/mol. The molecule has 1 amide bonds. The van der Waals surface area contributed by atoms with Crippen molar-refractivity contribution in [2.75, 3.05) is 6.54 Å². The Morgan fingerprint density at radius 3 is 2.52 bits per heavy atom. The van der Waals surface area contributed by atoms with Crippen LogP contribution >= 0.6 is 0 Å². The number of benzene rings is 1. The van der Waals surface area contributed by atoms with E-state index in [1.165, 1.54) is 0 Å². The van der Waals surface area contributed by atoms with Crippen molar-refractivity contribution in [1.82, 2.24) is 14.9 Å². The Morgan fingerprint density at radius 1 is 1.10 bits per heavy atom. The highest BCUT2D eigenvalue weighted by Crippen LogP contribution is 2.18. The molecule has 6 nitrogen and oxygen atoms in total. The number of aryl methyl sites for hydroxylation is 1. The highest BCUT2D eigenvalue weighted by molar-refractivity contribution is 5.79. The molecule has 1 heterocycles. The number of esters is 1. The topological polar surface area (TPSA) is 73.2 Å². The summed E-state index contributed by atoms with van der Waals surface area (Å²) >= 11 is 0. The summed E-state index contributed by atoms with van der Waals surface area (Å²) in [7, 11) is 0. The van der Waals surface area contributed by atoms with Gasteiger partial charge in [-0.2, -0.15) is 0 Å². The van der Waals surface area contributed by atoms with Crippen LogP contribution in [0.2, 0.25) is 0 Å². The third kappa shape index (κ3) is 6.87. The minimum Gasteiger partial charge on any atom is -0.462 e. The lowest BCUT2D eigenvalue weighted by atomic mass is 10.0. The molecule has 160 valence electrons. The summed E-state index contributed by atoms with van der Waals surface area (Å²) in [6.45, 7) is 8.71. The first-order valence-electron chi connectivity index (χ1n) is 10.9. The number of ether oxygens (including phenoxy) is 1. The van der Waals surface area contributed by atoms with Crippen LogP contribution in [-0.4, -0.2) is 34.1 Å². The van der Waals surface area contributed by atoms with Crippen LogP contribution in [0, 0.1) is 5.92 Å². The van der Waals surface area contributed by atoms with Crippen molar-refractivity contribution >= 4 is 22.9 Å². The Morgan fingerprint density at radius 2 is 1.83 bits per heavy atom. The summed E-state index contributed by atoms with van der Waals surface area (Å²) in [5.74, 6) is 0.961. The van der Waals surface area contributed by atoms with Crippen molar-refractivity contribution in [3.8, 4) is 0 Å². The SMILES string of the molecule is CCC(CC)C(=O)NCCCCCc1nc2ccccc2n1CC(=O)OC(C)C. The van der Waals surface area contributed by atoms with Crippen LogP contribution in [0.4, 0.5) is 0 Å². The number of para-hydroxylation sites is 2. The molecule has 2 aromatic rings. The van der Waals surface area contributed by atoms with Crippen molar-refractivity contribution in [2.45, 2.75) is 78.9 Å². The largest absolute Gasteiger partial charge is 0.462 e. The van der Waals surface area contributed by atoms with Gasteiger partial charge in [0.25, 0.3) is 0 Å². The first-order valence-corrected chi connectivity index (χ1v) is 10.9. The van der Waals surface area contributed by atoms with E-state index >= 15 is 0 Å². The highest BCUT2D eigenvalue weighted by Gasteiger charge is 2.15. The second kappa shape index (κ2) is 11.6. The molecule has 0 radical (unpaired) electrons. The minimum absolute atomic E-state index is 0.125. The number of amides is 1. The molecule has 1 N–H and O–H groups in total. The van der Waals surface area contributed by atoms with Crippen LogP contribution in [0.3, 0.4) is 0 Å². The molecule has 0 saturated heterocycles. The van der Waals surface area contributed by atoms with E-state index < -0.39 is 0 Å². The molecule has 1 aromatic carbocycles. The normalized spacial score (nSPS) is 11.4. The summed E-state index contributed by atoms with van der Waals surface area (Å²) in [5.41, 5.74) is 1.86. The Kier molecular flexibility index (Phi) is 9.16. The van der Waals surface area contributed by atoms with E-state index in [4.69, 9.17) is 9.72 Å². The minimum atomic E-state index is -0.242. The maximum absolute atomic E-state index is 12.2. The monoisotopic (exact) mass is 401 g/mol. The number of hydrogen-bond acceptors (Lipinski definition) is 4. The number of nitrogens with one attached hydrogen (secondary N) is 1. The maximum Gasteiger partial charge on any atom is 0.326 e. The molecule has 0 saturated carbocycles. The van der Waals surface area contributed by atoms with Gasteiger partial charge in [0.05, 0.1) is 17.1 Å². The predicted octanol–water partition coefficient (Wildman–Crippen LogP) is 4.25. The zero-order chi connectivity index (χ0) is 21.2. The number of rotatable bonds is 12. The molecule has 0 bridgehead atoms. The van der Waals surface area contributed by atoms with E-state index in [0.717, 1.165) is 55.4 Å². The van der Waals surface area contributed by atoms with E-state index in [1.807, 2.05) is 42.7 Å². The zero-order valence-corrected chi connectivity index (χ0v) is 18.2. The maximum atomic E-state index is 12.2. The van der Waals surface area contributed by atoms with Crippen LogP contribution in [0.5, 0.6) is 0 Å². The summed E-state index contributed by atoms with van der Waals surface area (Å²) in [6.07, 6.45) is 5.35. The number of carbonyl (C=O) groups is 2. The molecule has 1 aromatic heterocycles. The van der Waals surface area contributed by atoms with Crippen molar-refractivity contribution in [3.63, 3.8) is 0 Å². The van der Waals surface area contributed by atoms with Gasteiger partial charge in [0.15, 0.2) is 0 Å². The number of hydrogen-bond donors (Lipinski definition) is 1. The molecule has 29 heavy (non-hydrogen) atoms. The van der Waals surface area contributed by atoms with E-state index in [1.54, 1.807) is 0 Å². The Hall–Kier alpha value is -2.37. The van der Waals surface area contributed by atoms with Crippen molar-refractivity contribution in [1.29, 1.82) is 0 Å². The number of imidazole rings is 1. The summed E-state index contributed by atoms with van der Waals surface area (Å²) in [6, 6.07) is 7.87. The van der Waals surface area contributed by atoms with Gasteiger partial charge in [-0.25, -0.2) is 4.98 Å². The molecule has 0 aliphatic heterocycles. The van der Waals surface area contributed by atoms with Gasteiger partial charge < -0.3 is 14.6 Å².